The fourth-order valence-electron chi connectivity index (χ4n) is 5.09. The third kappa shape index (κ3) is 5.35. The topological polar surface area (TPSA) is 123 Å². The maximum atomic E-state index is 13.9. The Morgan fingerprint density at radius 2 is 1.63 bits per heavy atom. The molecule has 1 fully saturated rings. The van der Waals surface area contributed by atoms with Gasteiger partial charge in [0.25, 0.3) is 10.0 Å². The van der Waals surface area contributed by atoms with Crippen LogP contribution in [0.2, 0.25) is 0 Å². The maximum absolute atomic E-state index is 13.9. The minimum absolute atomic E-state index is 0.148. The Balaban J connectivity index is 1.66. The molecular formula is C29H35N7O4S. The van der Waals surface area contributed by atoms with Crippen molar-refractivity contribution in [1.82, 2.24) is 28.8 Å². The van der Waals surface area contributed by atoms with Crippen molar-refractivity contribution in [3.05, 3.63) is 60.4 Å². The Bertz CT molecular complexity index is 1710. The first-order valence-electron chi connectivity index (χ1n) is 13.5. The van der Waals surface area contributed by atoms with Crippen molar-refractivity contribution in [2.24, 2.45) is 0 Å². The smallest absolute Gasteiger partial charge is 0.410 e. The molecule has 2 atom stereocenters. The number of fused-ring (bicyclic) bond motifs is 1. The number of rotatable bonds is 4. The van der Waals surface area contributed by atoms with E-state index >= 15 is 0 Å². The number of ether oxygens (including phenoxy) is 1. The van der Waals surface area contributed by atoms with Crippen molar-refractivity contribution in [3.63, 3.8) is 0 Å². The number of carbonyl (C=O) groups is 1. The van der Waals surface area contributed by atoms with Gasteiger partial charge < -0.3 is 14.5 Å². The fraction of sp³-hybridized carbons (Fsp3) is 0.414. The summed E-state index contributed by atoms with van der Waals surface area (Å²) in [6.07, 6.45) is 5.74. The molecule has 216 valence electrons. The van der Waals surface area contributed by atoms with Gasteiger partial charge in [0.1, 0.15) is 17.7 Å². The van der Waals surface area contributed by atoms with Crippen LogP contribution in [0, 0.1) is 13.8 Å². The highest BCUT2D eigenvalue weighted by Crippen LogP contribution is 2.38. The van der Waals surface area contributed by atoms with Crippen molar-refractivity contribution < 1.29 is 17.9 Å². The molecule has 1 aliphatic heterocycles. The largest absolute Gasteiger partial charge is 0.444 e. The van der Waals surface area contributed by atoms with Gasteiger partial charge in [0.15, 0.2) is 5.65 Å². The van der Waals surface area contributed by atoms with Crippen molar-refractivity contribution in [2.45, 2.75) is 71.0 Å². The Morgan fingerprint density at radius 3 is 2.29 bits per heavy atom. The van der Waals surface area contributed by atoms with E-state index in [4.69, 9.17) is 4.74 Å². The predicted octanol–water partition coefficient (Wildman–Crippen LogP) is 4.58. The van der Waals surface area contributed by atoms with Gasteiger partial charge in [-0.25, -0.2) is 27.2 Å². The van der Waals surface area contributed by atoms with Crippen molar-refractivity contribution in [3.8, 4) is 11.3 Å². The van der Waals surface area contributed by atoms with Crippen LogP contribution < -0.4 is 4.90 Å². The number of piperazine rings is 1. The second-order valence-corrected chi connectivity index (χ2v) is 13.3. The first-order chi connectivity index (χ1) is 19.3. The molecule has 1 saturated heterocycles. The second kappa shape index (κ2) is 10.4. The van der Waals surface area contributed by atoms with Gasteiger partial charge in [0.05, 0.1) is 21.7 Å². The van der Waals surface area contributed by atoms with Crippen molar-refractivity contribution in [2.75, 3.05) is 18.0 Å². The van der Waals surface area contributed by atoms with E-state index in [1.165, 1.54) is 10.3 Å². The van der Waals surface area contributed by atoms with Crippen molar-refractivity contribution >= 4 is 33.0 Å². The summed E-state index contributed by atoms with van der Waals surface area (Å²) >= 11 is 0. The average molecular weight is 578 g/mol. The zero-order valence-electron chi connectivity index (χ0n) is 24.4. The summed E-state index contributed by atoms with van der Waals surface area (Å²) in [6.45, 7) is 14.1. The molecule has 0 saturated carbocycles. The molecule has 3 aromatic heterocycles. The van der Waals surface area contributed by atoms with Gasteiger partial charge in [-0.15, -0.1) is 0 Å². The highest BCUT2D eigenvalue weighted by molar-refractivity contribution is 7.90. The molecule has 5 rings (SSSR count). The van der Waals surface area contributed by atoms with Crippen LogP contribution in [0.3, 0.4) is 0 Å². The third-order valence-corrected chi connectivity index (χ3v) is 8.80. The molecule has 0 unspecified atom stereocenters. The number of aryl methyl sites for hydroxylation is 2. The summed E-state index contributed by atoms with van der Waals surface area (Å²) in [5, 5.41) is 0.552. The van der Waals surface area contributed by atoms with Gasteiger partial charge in [0, 0.05) is 49.3 Å². The third-order valence-electron chi connectivity index (χ3n) is 7.13. The number of benzene rings is 1. The molecule has 12 heteroatoms. The first kappa shape index (κ1) is 28.5. The lowest BCUT2D eigenvalue weighted by Gasteiger charge is -2.44. The molecule has 0 radical (unpaired) electrons. The summed E-state index contributed by atoms with van der Waals surface area (Å²) in [4.78, 5) is 35.0. The van der Waals surface area contributed by atoms with Crippen LogP contribution in [0.1, 0.15) is 45.9 Å². The van der Waals surface area contributed by atoms with Gasteiger partial charge in [-0.1, -0.05) is 17.7 Å². The molecule has 0 aliphatic carbocycles. The monoisotopic (exact) mass is 577 g/mol. The van der Waals surface area contributed by atoms with E-state index in [9.17, 15) is 13.2 Å². The van der Waals surface area contributed by atoms with E-state index in [1.807, 2.05) is 48.5 Å². The Morgan fingerprint density at radius 1 is 0.951 bits per heavy atom. The predicted molar refractivity (Wildman–Crippen MR) is 156 cm³/mol. The SMILES string of the molecule is Cc1ccc(S(=O)(=O)n2cc(-c3nccnc3C)c3c(N4C[C@@H](C)N(C(=O)OC(C)(C)C)C[C@@H]4C)ncnc32)cc1. The molecule has 11 nitrogen and oxygen atoms in total. The Labute approximate surface area is 240 Å². The average Bonchev–Trinajstić information content (AvgIpc) is 3.30. The number of amides is 1. The highest BCUT2D eigenvalue weighted by Gasteiger charge is 2.37. The van der Waals surface area contributed by atoms with Gasteiger partial charge >= 0.3 is 6.09 Å². The van der Waals surface area contributed by atoms with Crippen molar-refractivity contribution in [1.29, 1.82) is 0 Å². The minimum Gasteiger partial charge on any atom is -0.444 e. The van der Waals surface area contributed by atoms with Crippen LogP contribution in [0.4, 0.5) is 10.6 Å². The quantitative estimate of drug-likeness (QED) is 0.343. The van der Waals surface area contributed by atoms with Crippen LogP contribution in [0.25, 0.3) is 22.3 Å². The minimum atomic E-state index is -4.00. The van der Waals surface area contributed by atoms with Gasteiger partial charge in [-0.05, 0) is 60.6 Å². The highest BCUT2D eigenvalue weighted by atomic mass is 32.2. The normalized spacial score (nSPS) is 18.1. The molecule has 0 N–H and O–H groups in total. The molecule has 4 heterocycles. The molecule has 0 spiro atoms. The molecule has 0 bridgehead atoms. The number of hydrogen-bond donors (Lipinski definition) is 0. The van der Waals surface area contributed by atoms with Crippen LogP contribution in [0.15, 0.2) is 54.1 Å². The van der Waals surface area contributed by atoms with E-state index in [2.05, 4.69) is 24.8 Å². The number of hydrogen-bond acceptors (Lipinski definition) is 9. The Hall–Kier alpha value is -4.06. The Kier molecular flexibility index (Phi) is 7.22. The molecule has 1 aliphatic rings. The fourth-order valence-corrected chi connectivity index (χ4v) is 6.41. The van der Waals surface area contributed by atoms with E-state index < -0.39 is 15.6 Å². The van der Waals surface area contributed by atoms with Gasteiger partial charge in [0.2, 0.25) is 0 Å². The summed E-state index contributed by atoms with van der Waals surface area (Å²) in [6, 6.07) is 6.37. The summed E-state index contributed by atoms with van der Waals surface area (Å²) in [5.74, 6) is 0.566. The first-order valence-corrected chi connectivity index (χ1v) is 14.9. The van der Waals surface area contributed by atoms with E-state index in [0.29, 0.717) is 41.2 Å². The molecule has 41 heavy (non-hydrogen) atoms. The van der Waals surface area contributed by atoms with Crippen LogP contribution in [-0.4, -0.2) is 74.1 Å². The number of nitrogens with zero attached hydrogens (tertiary/aromatic N) is 7. The second-order valence-electron chi connectivity index (χ2n) is 11.5. The summed E-state index contributed by atoms with van der Waals surface area (Å²) in [5.41, 5.74) is 2.34. The molecule has 4 aromatic rings. The van der Waals surface area contributed by atoms with Gasteiger partial charge in [-0.3, -0.25) is 9.97 Å². The van der Waals surface area contributed by atoms with E-state index in [-0.39, 0.29) is 28.7 Å². The van der Waals surface area contributed by atoms with Crippen LogP contribution >= 0.6 is 0 Å². The van der Waals surface area contributed by atoms with E-state index in [0.717, 1.165) is 5.56 Å². The van der Waals surface area contributed by atoms with Crippen LogP contribution in [-0.2, 0) is 14.8 Å². The summed E-state index contributed by atoms with van der Waals surface area (Å²) < 4.78 is 34.7. The lowest BCUT2D eigenvalue weighted by Crippen LogP contribution is -2.59. The zero-order valence-corrected chi connectivity index (χ0v) is 25.2. The lowest BCUT2D eigenvalue weighted by molar-refractivity contribution is 0.0130. The lowest BCUT2D eigenvalue weighted by atomic mass is 10.1. The number of carbonyl (C=O) groups excluding carboxylic acids is 1. The molecule has 1 aromatic carbocycles. The van der Waals surface area contributed by atoms with Crippen LogP contribution in [0.5, 0.6) is 0 Å². The maximum Gasteiger partial charge on any atom is 0.410 e. The van der Waals surface area contributed by atoms with E-state index in [1.54, 1.807) is 47.8 Å². The number of aromatic nitrogens is 5. The summed E-state index contributed by atoms with van der Waals surface area (Å²) in [7, 11) is -4.00. The zero-order chi connectivity index (χ0) is 29.7. The number of anilines is 1. The van der Waals surface area contributed by atoms with Gasteiger partial charge in [-0.2, -0.15) is 0 Å². The standard InChI is InChI=1S/C29H35N7O4S/c1-18-8-10-22(11-9-18)41(38,39)36-16-23(25-21(4)30-12-13-31-25)24-26(32-17-33-27(24)36)34-14-20(3)35(15-19(34)2)28(37)40-29(5,6)7/h8-13,16-17,19-20H,14-15H2,1-7H3/t19-,20+/m0/s1. The molecule has 1 amide bonds. The molecular weight excluding hydrogens is 542 g/mol.